The monoisotopic (exact) mass is 426 g/mol. The smallest absolute Gasteiger partial charge is 0.261 e. The molecule has 1 aromatic carbocycles. The first-order valence-corrected chi connectivity index (χ1v) is 11.6. The van der Waals surface area contributed by atoms with Crippen LogP contribution in [0.4, 0.5) is 0 Å². The Balaban J connectivity index is 1.61. The summed E-state index contributed by atoms with van der Waals surface area (Å²) in [5.74, 6) is 1.02. The van der Waals surface area contributed by atoms with Gasteiger partial charge in [-0.25, -0.2) is 4.98 Å². The lowest BCUT2D eigenvalue weighted by Crippen LogP contribution is -2.37. The number of nitrogens with zero attached hydrogens (tertiary/aromatic N) is 2. The summed E-state index contributed by atoms with van der Waals surface area (Å²) < 4.78 is 6.27. The highest BCUT2D eigenvalue weighted by atomic mass is 32.1. The average molecular weight is 427 g/mol. The molecule has 1 unspecified atom stereocenters. The van der Waals surface area contributed by atoms with Crippen LogP contribution in [0, 0.1) is 0 Å². The molecule has 1 saturated heterocycles. The summed E-state index contributed by atoms with van der Waals surface area (Å²) in [4.78, 5) is 24.0. The maximum absolute atomic E-state index is 13.0. The number of imidazole rings is 1. The molecule has 3 heterocycles. The third-order valence-electron chi connectivity index (χ3n) is 5.84. The number of fused-ring (bicyclic) bond motifs is 1. The number of aromatic amines is 1. The van der Waals surface area contributed by atoms with Crippen molar-refractivity contribution in [3.05, 3.63) is 52.9 Å². The van der Waals surface area contributed by atoms with Crippen LogP contribution in [0.2, 0.25) is 0 Å². The van der Waals surface area contributed by atoms with Gasteiger partial charge in [0.05, 0.1) is 18.0 Å². The first-order chi connectivity index (χ1) is 14.8. The van der Waals surface area contributed by atoms with Gasteiger partial charge in [-0.3, -0.25) is 9.69 Å². The first-order valence-electron chi connectivity index (χ1n) is 10.8. The molecule has 0 saturated carbocycles. The van der Waals surface area contributed by atoms with Crippen molar-refractivity contribution in [2.24, 2.45) is 0 Å². The molecule has 3 aromatic rings. The Bertz CT molecular complexity index is 953. The Hall–Kier alpha value is -2.22. The highest BCUT2D eigenvalue weighted by Gasteiger charge is 2.26. The lowest BCUT2D eigenvalue weighted by Gasteiger charge is -2.29. The Morgan fingerprint density at radius 1 is 1.33 bits per heavy atom. The van der Waals surface area contributed by atoms with Gasteiger partial charge in [-0.05, 0) is 42.8 Å². The van der Waals surface area contributed by atoms with Crippen molar-refractivity contribution < 1.29 is 9.53 Å². The van der Waals surface area contributed by atoms with Crippen LogP contribution < -0.4 is 5.32 Å². The number of H-pyrrole nitrogens is 1. The van der Waals surface area contributed by atoms with Gasteiger partial charge < -0.3 is 15.0 Å². The minimum absolute atomic E-state index is 0.00876. The molecular formula is C23H30N4O2S. The predicted octanol–water partition coefficient (Wildman–Crippen LogP) is 3.99. The van der Waals surface area contributed by atoms with Crippen molar-refractivity contribution in [2.75, 3.05) is 26.8 Å². The number of likely N-dealkylation sites (tertiary alicyclic amines) is 1. The van der Waals surface area contributed by atoms with Gasteiger partial charge in [-0.1, -0.05) is 31.0 Å². The molecule has 0 radical (unpaired) electrons. The standard InChI is InChI=1S/C23H30N4O2S/c1-29-14-12-26-23(28)22-19(18-8-4-5-9-20(18)30-22)15-17-7-3-2-6-13-27(17)16-21-24-10-11-25-21/h4-5,8-11,17H,2-3,6-7,12-16H2,1H3,(H,24,25)(H,26,28). The zero-order valence-corrected chi connectivity index (χ0v) is 18.3. The van der Waals surface area contributed by atoms with Crippen molar-refractivity contribution in [2.45, 2.75) is 44.7 Å². The topological polar surface area (TPSA) is 70.2 Å². The van der Waals surface area contributed by atoms with E-state index < -0.39 is 0 Å². The largest absolute Gasteiger partial charge is 0.383 e. The molecule has 1 amide bonds. The molecule has 160 valence electrons. The van der Waals surface area contributed by atoms with Gasteiger partial charge in [0.25, 0.3) is 5.91 Å². The fourth-order valence-electron chi connectivity index (χ4n) is 4.32. The first kappa shape index (κ1) is 21.0. The van der Waals surface area contributed by atoms with Crippen LogP contribution in [0.15, 0.2) is 36.7 Å². The minimum atomic E-state index is 0.00876. The third-order valence-corrected chi connectivity index (χ3v) is 7.05. The van der Waals surface area contributed by atoms with Crippen molar-refractivity contribution in [1.82, 2.24) is 20.2 Å². The van der Waals surface area contributed by atoms with Crippen molar-refractivity contribution >= 4 is 27.3 Å². The number of thiophene rings is 1. The number of methoxy groups -OCH3 is 1. The zero-order chi connectivity index (χ0) is 20.8. The molecule has 1 atom stereocenters. The number of amides is 1. The van der Waals surface area contributed by atoms with Gasteiger partial charge in [0.2, 0.25) is 0 Å². The predicted molar refractivity (Wildman–Crippen MR) is 121 cm³/mol. The van der Waals surface area contributed by atoms with E-state index in [0.29, 0.717) is 19.2 Å². The Morgan fingerprint density at radius 2 is 2.23 bits per heavy atom. The van der Waals surface area contributed by atoms with E-state index in [4.69, 9.17) is 4.74 Å². The molecule has 2 aromatic heterocycles. The van der Waals surface area contributed by atoms with Gasteiger partial charge in [0, 0.05) is 36.8 Å². The second kappa shape index (κ2) is 10.2. The summed E-state index contributed by atoms with van der Waals surface area (Å²) in [7, 11) is 1.65. The number of hydrogen-bond acceptors (Lipinski definition) is 5. The fraction of sp³-hybridized carbons (Fsp3) is 0.478. The number of carbonyl (C=O) groups excluding carboxylic acids is 1. The molecule has 0 bridgehead atoms. The molecule has 2 N–H and O–H groups in total. The van der Waals surface area contributed by atoms with E-state index in [-0.39, 0.29) is 5.91 Å². The molecule has 0 spiro atoms. The van der Waals surface area contributed by atoms with E-state index >= 15 is 0 Å². The van der Waals surface area contributed by atoms with Crippen LogP contribution in [-0.2, 0) is 17.7 Å². The summed E-state index contributed by atoms with van der Waals surface area (Å²) in [5, 5.41) is 4.23. The highest BCUT2D eigenvalue weighted by molar-refractivity contribution is 7.21. The van der Waals surface area contributed by atoms with E-state index in [1.165, 1.54) is 34.9 Å². The van der Waals surface area contributed by atoms with Crippen LogP contribution >= 0.6 is 11.3 Å². The number of ether oxygens (including phenoxy) is 1. The maximum Gasteiger partial charge on any atom is 0.261 e. The molecule has 4 rings (SSSR count). The lowest BCUT2D eigenvalue weighted by atomic mass is 9.98. The molecular weight excluding hydrogens is 396 g/mol. The quantitative estimate of drug-likeness (QED) is 0.535. The van der Waals surface area contributed by atoms with Gasteiger partial charge >= 0.3 is 0 Å². The van der Waals surface area contributed by atoms with Crippen molar-refractivity contribution in [3.63, 3.8) is 0 Å². The summed E-state index contributed by atoms with van der Waals surface area (Å²) in [6.07, 6.45) is 9.45. The van der Waals surface area contributed by atoms with E-state index in [0.717, 1.165) is 36.6 Å². The number of benzene rings is 1. The van der Waals surface area contributed by atoms with Crippen LogP contribution in [0.1, 0.15) is 46.7 Å². The summed E-state index contributed by atoms with van der Waals surface area (Å²) in [6, 6.07) is 8.79. The Morgan fingerprint density at radius 3 is 3.07 bits per heavy atom. The van der Waals surface area contributed by atoms with Crippen LogP contribution in [-0.4, -0.2) is 53.6 Å². The zero-order valence-electron chi connectivity index (χ0n) is 17.5. The molecule has 30 heavy (non-hydrogen) atoms. The summed E-state index contributed by atoms with van der Waals surface area (Å²) in [6.45, 7) is 2.94. The molecule has 1 aliphatic heterocycles. The van der Waals surface area contributed by atoms with Gasteiger partial charge in [0.1, 0.15) is 5.82 Å². The molecule has 1 aliphatic rings. The number of carbonyl (C=O) groups is 1. The highest BCUT2D eigenvalue weighted by Crippen LogP contribution is 2.34. The van der Waals surface area contributed by atoms with E-state index in [2.05, 4.69) is 38.4 Å². The lowest BCUT2D eigenvalue weighted by molar-refractivity contribution is 0.0939. The van der Waals surface area contributed by atoms with Crippen molar-refractivity contribution in [3.8, 4) is 0 Å². The average Bonchev–Trinajstić information content (AvgIpc) is 3.34. The van der Waals surface area contributed by atoms with Crippen LogP contribution in [0.25, 0.3) is 10.1 Å². The molecule has 1 fully saturated rings. The SMILES string of the molecule is COCCNC(=O)c1sc2ccccc2c1CC1CCCCCN1Cc1ncc[nH]1. The number of nitrogens with one attached hydrogen (secondary N) is 2. The van der Waals surface area contributed by atoms with Crippen LogP contribution in [0.5, 0.6) is 0 Å². The second-order valence-corrected chi connectivity index (χ2v) is 8.92. The maximum atomic E-state index is 13.0. The summed E-state index contributed by atoms with van der Waals surface area (Å²) >= 11 is 1.60. The number of rotatable bonds is 8. The fourth-order valence-corrected chi connectivity index (χ4v) is 5.47. The third kappa shape index (κ3) is 4.91. The van der Waals surface area contributed by atoms with E-state index in [9.17, 15) is 4.79 Å². The summed E-state index contributed by atoms with van der Waals surface area (Å²) in [5.41, 5.74) is 1.18. The number of aromatic nitrogens is 2. The molecule has 0 aliphatic carbocycles. The second-order valence-electron chi connectivity index (χ2n) is 7.87. The minimum Gasteiger partial charge on any atom is -0.383 e. The normalized spacial score (nSPS) is 17.8. The van der Waals surface area contributed by atoms with E-state index in [1.807, 2.05) is 18.5 Å². The van der Waals surface area contributed by atoms with Gasteiger partial charge in [0.15, 0.2) is 0 Å². The van der Waals surface area contributed by atoms with Crippen LogP contribution in [0.3, 0.4) is 0 Å². The van der Waals surface area contributed by atoms with Crippen molar-refractivity contribution in [1.29, 1.82) is 0 Å². The molecule has 7 heteroatoms. The van der Waals surface area contributed by atoms with Gasteiger partial charge in [-0.15, -0.1) is 11.3 Å². The number of hydrogen-bond donors (Lipinski definition) is 2. The van der Waals surface area contributed by atoms with E-state index in [1.54, 1.807) is 18.4 Å². The Kier molecular flexibility index (Phi) is 7.15. The van der Waals surface area contributed by atoms with Gasteiger partial charge in [-0.2, -0.15) is 0 Å². The molecule has 6 nitrogen and oxygen atoms in total. The Labute approximate surface area is 181 Å².